The number of hydrogen-bond donors (Lipinski definition) is 30. The van der Waals surface area contributed by atoms with Gasteiger partial charge in [-0.15, -0.1) is 0 Å². The van der Waals surface area contributed by atoms with Crippen LogP contribution in [0, 0.1) is 0 Å². The van der Waals surface area contributed by atoms with Crippen molar-refractivity contribution < 1.29 is 147 Å². The van der Waals surface area contributed by atoms with E-state index in [1.165, 1.54) is 0 Å². The predicted molar refractivity (Wildman–Crippen MR) is 264 cm³/mol. The average Bonchev–Trinajstić information content (AvgIpc) is 3.14. The summed E-state index contributed by atoms with van der Waals surface area (Å²) >= 11 is 0. The second kappa shape index (κ2) is 15.0. The molecule has 0 aliphatic heterocycles. The lowest BCUT2D eigenvalue weighted by atomic mass is 9.80. The highest BCUT2D eigenvalue weighted by Gasteiger charge is 2.50. The Bertz CT molecular complexity index is 4600. The lowest BCUT2D eigenvalue weighted by Gasteiger charge is -2.26. The lowest BCUT2D eigenvalue weighted by molar-refractivity contribution is 0.339. The van der Waals surface area contributed by atoms with Crippen molar-refractivity contribution >= 4 is 54.3 Å². The van der Waals surface area contributed by atoms with E-state index in [0.717, 1.165) is 0 Å². The maximum absolute atomic E-state index is 12.2. The smallest absolute Gasteiger partial charge is 0.205 e. The van der Waals surface area contributed by atoms with Crippen molar-refractivity contribution in [2.24, 2.45) is 11.5 Å². The molecule has 9 aromatic carbocycles. The summed E-state index contributed by atoms with van der Waals surface area (Å²) in [6.07, 6.45) is 0. The van der Waals surface area contributed by atoms with Gasteiger partial charge in [0.05, 0.1) is 27.3 Å². The SMILES string of the molecule is NC1(N)c2c(O)c(O)c(O)c(O)c2-c2c(-c3c4c(O)c(O)c(O)c(O)c4c(-c4c(O)c(O)c(-c5c(O)c(O)c(O)c6oc7c8c(O)c(O)c(O)c(O)c8c(O)c(O)c7c56)c(O)c4O)c4c(O)c(O)c(O)c(O)c34)c(O)c(O)c(O)c21. The van der Waals surface area contributed by atoms with Crippen LogP contribution in [0.3, 0.4) is 0 Å². The van der Waals surface area contributed by atoms with Crippen LogP contribution in [0.25, 0.3) is 98.8 Å². The summed E-state index contributed by atoms with van der Waals surface area (Å²) in [7, 11) is 0. The third-order valence-corrected chi connectivity index (χ3v) is 14.2. The first-order valence-electron chi connectivity index (χ1n) is 21.7. The molecule has 1 aliphatic carbocycles. The molecule has 0 amide bonds. The molecule has 0 bridgehead atoms. The van der Waals surface area contributed by atoms with Crippen LogP contribution < -0.4 is 11.5 Å². The Kier molecular flexibility index (Phi) is 9.42. The molecule has 11 rings (SSSR count). The second-order valence-corrected chi connectivity index (χ2v) is 18.1. The Balaban J connectivity index is 1.37. The number of hydrogen-bond acceptors (Lipinski definition) is 31. The highest BCUT2D eigenvalue weighted by molar-refractivity contribution is 6.33. The van der Waals surface area contributed by atoms with Crippen LogP contribution in [0.5, 0.6) is 161 Å². The van der Waals surface area contributed by atoms with E-state index >= 15 is 0 Å². The van der Waals surface area contributed by atoms with E-state index in [2.05, 4.69) is 0 Å². The van der Waals surface area contributed by atoms with Gasteiger partial charge in [-0.3, -0.25) is 0 Å². The van der Waals surface area contributed by atoms with Crippen LogP contribution >= 0.6 is 0 Å². The van der Waals surface area contributed by atoms with Gasteiger partial charge in [-0.25, -0.2) is 0 Å². The first kappa shape index (κ1) is 50.1. The van der Waals surface area contributed by atoms with Crippen molar-refractivity contribution in [2.45, 2.75) is 5.66 Å². The third kappa shape index (κ3) is 5.34. The molecule has 412 valence electrons. The third-order valence-electron chi connectivity index (χ3n) is 14.2. The Morgan fingerprint density at radius 1 is 0.175 bits per heavy atom. The van der Waals surface area contributed by atoms with E-state index in [1.54, 1.807) is 0 Å². The van der Waals surface area contributed by atoms with Gasteiger partial charge in [-0.2, -0.15) is 0 Å². The number of phenolic OH excluding ortho intramolecular Hbond substituents is 28. The van der Waals surface area contributed by atoms with Crippen LogP contribution in [0.15, 0.2) is 4.42 Å². The van der Waals surface area contributed by atoms with Gasteiger partial charge in [-0.05, 0) is 0 Å². The molecule has 31 nitrogen and oxygen atoms in total. The number of nitrogens with two attached hydrogens (primary N) is 2. The minimum Gasteiger partial charge on any atom is -0.504 e. The second-order valence-electron chi connectivity index (χ2n) is 18.1. The Morgan fingerprint density at radius 3 is 0.863 bits per heavy atom. The first-order chi connectivity index (χ1) is 37.2. The lowest BCUT2D eigenvalue weighted by Crippen LogP contribution is -2.45. The average molecular weight is 1110 g/mol. The van der Waals surface area contributed by atoms with Crippen LogP contribution in [0.4, 0.5) is 0 Å². The number of benzene rings is 9. The zero-order chi connectivity index (χ0) is 58.9. The molecule has 80 heavy (non-hydrogen) atoms. The van der Waals surface area contributed by atoms with E-state index in [9.17, 15) is 143 Å². The summed E-state index contributed by atoms with van der Waals surface area (Å²) in [6.45, 7) is 0. The minimum atomic E-state index is -3.02. The maximum Gasteiger partial charge on any atom is 0.205 e. The summed E-state index contributed by atoms with van der Waals surface area (Å²) in [5.41, 5.74) is -5.71. The monoisotopic (exact) mass is 1110 g/mol. The highest BCUT2D eigenvalue weighted by atomic mass is 16.4. The van der Waals surface area contributed by atoms with Crippen LogP contribution in [0.1, 0.15) is 11.1 Å². The molecule has 0 saturated carbocycles. The molecular formula is C49H32N2O29. The van der Waals surface area contributed by atoms with Crippen LogP contribution in [0.2, 0.25) is 0 Å². The fraction of sp³-hybridized carbons (Fsp3) is 0.0204. The number of aromatic hydroxyl groups is 28. The standard InChI is InChI=1S/C49H32N2O29/c50-49(51)17-3(11-18(49)35(68)45(78)41(74)25(11)58)4(19(52)36(69)34(17)67)1-5-7(22(55)39(72)37(70)20(5)53)2(8-6(1)21(54)38(71)40(73)23(8)56)12-26(59)28(61)13(29(62)27(12)60)9-10-15-32(65)30(63)14-16(33(66)43(76)42(75)31(14)64)47(15)80-48(10)46(79)44(77)24(9)57/h52-79H,50-51H2. The summed E-state index contributed by atoms with van der Waals surface area (Å²) in [6, 6.07) is 0. The van der Waals surface area contributed by atoms with E-state index in [4.69, 9.17) is 15.9 Å². The van der Waals surface area contributed by atoms with E-state index in [-0.39, 0.29) is 0 Å². The Morgan fingerprint density at radius 2 is 0.425 bits per heavy atom. The van der Waals surface area contributed by atoms with Gasteiger partial charge < -0.3 is 159 Å². The number of rotatable bonds is 3. The number of fused-ring (bicyclic) bond motifs is 10. The van der Waals surface area contributed by atoms with Crippen molar-refractivity contribution in [1.29, 1.82) is 0 Å². The maximum atomic E-state index is 12.2. The predicted octanol–water partition coefficient (Wildman–Crippen LogP) is 3.90. The molecule has 0 radical (unpaired) electrons. The van der Waals surface area contributed by atoms with Crippen molar-refractivity contribution in [1.82, 2.24) is 0 Å². The topological polar surface area (TPSA) is 632 Å². The zero-order valence-corrected chi connectivity index (χ0v) is 38.6. The van der Waals surface area contributed by atoms with Gasteiger partial charge >= 0.3 is 0 Å². The number of furan rings is 1. The van der Waals surface area contributed by atoms with Crippen molar-refractivity contribution in [3.05, 3.63) is 11.1 Å². The van der Waals surface area contributed by atoms with Gasteiger partial charge in [-0.1, -0.05) is 0 Å². The molecule has 31 heteroatoms. The molecule has 1 aliphatic rings. The van der Waals surface area contributed by atoms with Gasteiger partial charge in [0, 0.05) is 71.4 Å². The minimum absolute atomic E-state index is 1.00. The molecule has 0 spiro atoms. The molecule has 0 saturated heterocycles. The van der Waals surface area contributed by atoms with Gasteiger partial charge in [0.25, 0.3) is 0 Å². The fourth-order valence-electron chi connectivity index (χ4n) is 10.7. The molecule has 32 N–H and O–H groups in total. The van der Waals surface area contributed by atoms with E-state index in [1.807, 2.05) is 0 Å². The van der Waals surface area contributed by atoms with Crippen LogP contribution in [-0.2, 0) is 5.66 Å². The summed E-state index contributed by atoms with van der Waals surface area (Å²) in [5.74, 6) is -46.8. The molecule has 1 aromatic heterocycles. The Labute approximate surface area is 434 Å². The summed E-state index contributed by atoms with van der Waals surface area (Å²) in [5, 5.41) is 308. The van der Waals surface area contributed by atoms with Crippen molar-refractivity contribution in [2.75, 3.05) is 0 Å². The van der Waals surface area contributed by atoms with Gasteiger partial charge in [0.15, 0.2) is 109 Å². The van der Waals surface area contributed by atoms with Crippen LogP contribution in [-0.4, -0.2) is 143 Å². The first-order valence-corrected chi connectivity index (χ1v) is 21.7. The van der Waals surface area contributed by atoms with Crippen molar-refractivity contribution in [3.8, 4) is 205 Å². The highest BCUT2D eigenvalue weighted by Crippen LogP contribution is 2.72. The fourth-order valence-corrected chi connectivity index (χ4v) is 10.7. The summed E-state index contributed by atoms with van der Waals surface area (Å²) < 4.78 is 5.59. The molecule has 0 fully saturated rings. The summed E-state index contributed by atoms with van der Waals surface area (Å²) in [4.78, 5) is 0. The zero-order valence-electron chi connectivity index (χ0n) is 38.6. The molecule has 10 aromatic rings. The molecule has 0 unspecified atom stereocenters. The van der Waals surface area contributed by atoms with Gasteiger partial charge in [0.1, 0.15) is 5.66 Å². The molecular weight excluding hydrogens is 1080 g/mol. The Hall–Kier alpha value is -12.1. The van der Waals surface area contributed by atoms with Gasteiger partial charge in [0.2, 0.25) is 63.2 Å². The number of phenols is 28. The molecule has 1 heterocycles. The quantitative estimate of drug-likeness (QED) is 0.0516. The molecule has 0 atom stereocenters. The van der Waals surface area contributed by atoms with E-state index < -0.39 is 277 Å². The normalized spacial score (nSPS) is 12.9. The van der Waals surface area contributed by atoms with Crippen molar-refractivity contribution in [3.63, 3.8) is 0 Å². The van der Waals surface area contributed by atoms with E-state index in [0.29, 0.717) is 0 Å². The largest absolute Gasteiger partial charge is 0.504 e.